The average Bonchev–Trinajstić information content (AvgIpc) is 3.01. The van der Waals surface area contributed by atoms with E-state index >= 15 is 0 Å². The predicted molar refractivity (Wildman–Crippen MR) is 164 cm³/mol. The monoisotopic (exact) mass is 572 g/mol. The number of piperidine rings is 1. The Morgan fingerprint density at radius 1 is 0.780 bits per heavy atom. The van der Waals surface area contributed by atoms with Crippen LogP contribution in [0.4, 0.5) is 22.7 Å². The number of nitro groups is 1. The van der Waals surface area contributed by atoms with Crippen molar-refractivity contribution >= 4 is 51.9 Å². The maximum Gasteiger partial charge on any atom is 0.293 e. The molecule has 11 heteroatoms. The number of rotatable bonds is 6. The minimum absolute atomic E-state index is 0.0490. The number of piperazine rings is 1. The quantitative estimate of drug-likeness (QED) is 0.249. The number of nitro benzene ring substituents is 1. The predicted octanol–water partition coefficient (Wildman–Crippen LogP) is 4.67. The van der Waals surface area contributed by atoms with Crippen LogP contribution in [0, 0.1) is 10.1 Å². The van der Waals surface area contributed by atoms with Crippen molar-refractivity contribution in [3.05, 3.63) is 94.0 Å². The highest BCUT2D eigenvalue weighted by Gasteiger charge is 2.24. The summed E-state index contributed by atoms with van der Waals surface area (Å²) in [5.74, 6) is -0.469. The first-order chi connectivity index (χ1) is 19.9. The Kier molecular flexibility index (Phi) is 8.73. The minimum Gasteiger partial charge on any atom is -0.368 e. The summed E-state index contributed by atoms with van der Waals surface area (Å²) in [6, 6.07) is 21.5. The largest absolute Gasteiger partial charge is 0.368 e. The number of hydrogen-bond acceptors (Lipinski definition) is 7. The average molecular weight is 573 g/mol. The van der Waals surface area contributed by atoms with E-state index in [1.54, 1.807) is 12.1 Å². The molecular weight excluding hydrogens is 540 g/mol. The molecule has 2 fully saturated rings. The van der Waals surface area contributed by atoms with Gasteiger partial charge in [0.1, 0.15) is 5.69 Å². The van der Waals surface area contributed by atoms with E-state index in [0.29, 0.717) is 30.0 Å². The summed E-state index contributed by atoms with van der Waals surface area (Å²) in [6.45, 7) is 4.26. The van der Waals surface area contributed by atoms with E-state index in [1.165, 1.54) is 6.07 Å². The Morgan fingerprint density at radius 2 is 1.46 bits per heavy atom. The maximum absolute atomic E-state index is 12.8. The number of hydrogen-bond donors (Lipinski definition) is 2. The van der Waals surface area contributed by atoms with Crippen molar-refractivity contribution < 1.29 is 14.5 Å². The summed E-state index contributed by atoms with van der Waals surface area (Å²) in [5.41, 5.74) is 3.05. The van der Waals surface area contributed by atoms with Crippen LogP contribution in [0.25, 0.3) is 0 Å². The molecule has 0 radical (unpaired) electrons. The Bertz CT molecular complexity index is 1420. The van der Waals surface area contributed by atoms with E-state index in [4.69, 9.17) is 12.2 Å². The molecule has 2 aliphatic rings. The van der Waals surface area contributed by atoms with Gasteiger partial charge in [-0.3, -0.25) is 25.0 Å². The van der Waals surface area contributed by atoms with E-state index < -0.39 is 10.8 Å². The van der Waals surface area contributed by atoms with Gasteiger partial charge in [-0.15, -0.1) is 0 Å². The van der Waals surface area contributed by atoms with Crippen LogP contribution in [0.1, 0.15) is 40.0 Å². The fourth-order valence-electron chi connectivity index (χ4n) is 5.24. The van der Waals surface area contributed by atoms with Crippen molar-refractivity contribution in [1.82, 2.24) is 10.2 Å². The van der Waals surface area contributed by atoms with Gasteiger partial charge < -0.3 is 20.0 Å². The molecule has 2 saturated heterocycles. The van der Waals surface area contributed by atoms with E-state index in [9.17, 15) is 19.7 Å². The van der Waals surface area contributed by atoms with E-state index in [0.717, 1.165) is 51.1 Å². The highest BCUT2D eigenvalue weighted by molar-refractivity contribution is 7.80. The minimum atomic E-state index is -0.518. The third kappa shape index (κ3) is 6.80. The van der Waals surface area contributed by atoms with Crippen molar-refractivity contribution in [3.63, 3.8) is 0 Å². The van der Waals surface area contributed by atoms with Gasteiger partial charge in [0.05, 0.1) is 4.92 Å². The van der Waals surface area contributed by atoms with E-state index in [1.807, 2.05) is 64.4 Å². The molecule has 0 spiro atoms. The molecule has 2 heterocycles. The van der Waals surface area contributed by atoms with Crippen molar-refractivity contribution in [1.29, 1.82) is 0 Å². The molecule has 0 atom stereocenters. The fourth-order valence-corrected chi connectivity index (χ4v) is 5.45. The topological polar surface area (TPSA) is 111 Å². The van der Waals surface area contributed by atoms with E-state index in [2.05, 4.69) is 15.5 Å². The Labute approximate surface area is 244 Å². The fraction of sp³-hybridized carbons (Fsp3) is 0.300. The van der Waals surface area contributed by atoms with Crippen molar-refractivity contribution in [2.24, 2.45) is 0 Å². The molecule has 5 rings (SSSR count). The number of anilines is 3. The molecule has 2 aliphatic heterocycles. The molecule has 0 bridgehead atoms. The first-order valence-corrected chi connectivity index (χ1v) is 14.1. The maximum atomic E-state index is 12.8. The Hall–Kier alpha value is -4.51. The smallest absolute Gasteiger partial charge is 0.293 e. The molecule has 3 aromatic rings. The van der Waals surface area contributed by atoms with Crippen molar-refractivity contribution in [2.75, 3.05) is 54.4 Å². The zero-order valence-electron chi connectivity index (χ0n) is 22.6. The molecule has 0 saturated carbocycles. The van der Waals surface area contributed by atoms with Crippen LogP contribution in [0.15, 0.2) is 72.8 Å². The molecule has 10 nitrogen and oxygen atoms in total. The summed E-state index contributed by atoms with van der Waals surface area (Å²) in [5, 5.41) is 17.4. The van der Waals surface area contributed by atoms with Crippen LogP contribution < -0.4 is 20.4 Å². The molecular formula is C30H32N6O4S. The number of thiocarbonyl (C=S) groups is 1. The lowest BCUT2D eigenvalue weighted by atomic mass is 10.1. The number of nitrogens with one attached hydrogen (secondary N) is 2. The van der Waals surface area contributed by atoms with Crippen LogP contribution in [-0.2, 0) is 0 Å². The Morgan fingerprint density at radius 3 is 2.12 bits per heavy atom. The highest BCUT2D eigenvalue weighted by Crippen LogP contribution is 2.31. The van der Waals surface area contributed by atoms with Crippen LogP contribution in [0.3, 0.4) is 0 Å². The summed E-state index contributed by atoms with van der Waals surface area (Å²) >= 11 is 5.33. The molecule has 0 aromatic heterocycles. The Balaban J connectivity index is 1.14. The van der Waals surface area contributed by atoms with Gasteiger partial charge in [-0.25, -0.2) is 0 Å². The van der Waals surface area contributed by atoms with Gasteiger partial charge in [-0.05, 0) is 80.0 Å². The second-order valence-electron chi connectivity index (χ2n) is 10.1. The van der Waals surface area contributed by atoms with Crippen LogP contribution in [0.2, 0.25) is 0 Å². The third-order valence-corrected chi connectivity index (χ3v) is 7.64. The second kappa shape index (κ2) is 12.8. The van der Waals surface area contributed by atoms with Crippen molar-refractivity contribution in [2.45, 2.75) is 19.3 Å². The van der Waals surface area contributed by atoms with Gasteiger partial charge in [-0.2, -0.15) is 0 Å². The number of benzene rings is 3. The lowest BCUT2D eigenvalue weighted by molar-refractivity contribution is -0.384. The lowest BCUT2D eigenvalue weighted by Gasteiger charge is -2.36. The summed E-state index contributed by atoms with van der Waals surface area (Å²) in [6.07, 6.45) is 3.10. The number of carbonyl (C=O) groups excluding carboxylic acids is 2. The zero-order chi connectivity index (χ0) is 28.8. The summed E-state index contributed by atoms with van der Waals surface area (Å²) in [7, 11) is 0. The SMILES string of the molecule is O=C(NC(=S)Nc1ccc(N2CCN(C(=O)c3ccccc3)CC2)cc1)c1ccc(N2CCCCC2)c([N+](=O)[O-])c1. The number of amides is 2. The van der Waals surface area contributed by atoms with Gasteiger partial charge in [0, 0.05) is 67.8 Å². The molecule has 0 aliphatic carbocycles. The molecule has 41 heavy (non-hydrogen) atoms. The normalized spacial score (nSPS) is 15.3. The van der Waals surface area contributed by atoms with E-state index in [-0.39, 0.29) is 22.3 Å². The number of nitrogens with zero attached hydrogens (tertiary/aromatic N) is 4. The van der Waals surface area contributed by atoms with Gasteiger partial charge in [0.15, 0.2) is 5.11 Å². The number of carbonyl (C=O) groups is 2. The third-order valence-electron chi connectivity index (χ3n) is 7.44. The van der Waals surface area contributed by atoms with Crippen LogP contribution >= 0.6 is 12.2 Å². The first-order valence-electron chi connectivity index (χ1n) is 13.7. The zero-order valence-corrected chi connectivity index (χ0v) is 23.4. The first kappa shape index (κ1) is 28.0. The molecule has 0 unspecified atom stereocenters. The van der Waals surface area contributed by atoms with Gasteiger partial charge in [0.25, 0.3) is 17.5 Å². The van der Waals surface area contributed by atoms with Crippen LogP contribution in [0.5, 0.6) is 0 Å². The summed E-state index contributed by atoms with van der Waals surface area (Å²) in [4.78, 5) is 42.9. The van der Waals surface area contributed by atoms with Gasteiger partial charge in [0.2, 0.25) is 0 Å². The highest BCUT2D eigenvalue weighted by atomic mass is 32.1. The van der Waals surface area contributed by atoms with Crippen LogP contribution in [-0.4, -0.2) is 66.0 Å². The lowest BCUT2D eigenvalue weighted by Crippen LogP contribution is -2.48. The second-order valence-corrected chi connectivity index (χ2v) is 10.5. The molecule has 212 valence electrons. The van der Waals surface area contributed by atoms with Gasteiger partial charge >= 0.3 is 0 Å². The molecule has 2 amide bonds. The van der Waals surface area contributed by atoms with Crippen molar-refractivity contribution in [3.8, 4) is 0 Å². The molecule has 2 N–H and O–H groups in total. The van der Waals surface area contributed by atoms with Gasteiger partial charge in [-0.1, -0.05) is 18.2 Å². The standard InChI is InChI=1S/C30H32N6O4S/c37-28(23-9-14-26(27(21-23)36(39)40)34-15-5-2-6-16-34)32-30(41)31-24-10-12-25(13-11-24)33-17-19-35(20-18-33)29(38)22-7-3-1-4-8-22/h1,3-4,7-14,21H,2,5-6,15-20H2,(H2,31,32,37,41). The summed E-state index contributed by atoms with van der Waals surface area (Å²) < 4.78 is 0. The molecule has 3 aromatic carbocycles.